The van der Waals surface area contributed by atoms with Gasteiger partial charge in [0.2, 0.25) is 0 Å². The molecule has 5 heteroatoms. The van der Waals surface area contributed by atoms with Gasteiger partial charge >= 0.3 is 0 Å². The minimum Gasteiger partial charge on any atom is -0.379 e. The lowest BCUT2D eigenvalue weighted by Gasteiger charge is -2.22. The van der Waals surface area contributed by atoms with E-state index in [0.29, 0.717) is 19.6 Å². The Morgan fingerprint density at radius 3 is 2.20 bits per heavy atom. The fourth-order valence-corrected chi connectivity index (χ4v) is 2.04. The van der Waals surface area contributed by atoms with Crippen molar-refractivity contribution in [2.75, 3.05) is 13.2 Å². The molecule has 0 bridgehead atoms. The summed E-state index contributed by atoms with van der Waals surface area (Å²) in [7, 11) is -3.12. The Morgan fingerprint density at radius 2 is 1.73 bits per heavy atom. The summed E-state index contributed by atoms with van der Waals surface area (Å²) in [5, 5.41) is 0. The second kappa shape index (κ2) is 7.39. The number of ether oxygens (including phenoxy) is 1. The summed E-state index contributed by atoms with van der Waals surface area (Å²) in [4.78, 5) is 0. The molecule has 1 unspecified atom stereocenters. The van der Waals surface area contributed by atoms with Crippen LogP contribution in [-0.2, 0) is 18.3 Å². The molecule has 0 heterocycles. The zero-order valence-corrected chi connectivity index (χ0v) is 11.0. The van der Waals surface area contributed by atoms with Gasteiger partial charge in [0.15, 0.2) is 7.60 Å². The maximum atomic E-state index is 11.5. The molecule has 92 valence electrons. The van der Waals surface area contributed by atoms with Crippen LogP contribution >= 0.6 is 7.60 Å². The van der Waals surface area contributed by atoms with Gasteiger partial charge in [0, 0.05) is 6.61 Å². The maximum absolute atomic E-state index is 11.5. The first-order valence-corrected chi connectivity index (χ1v) is 6.95. The zero-order valence-electron chi connectivity index (χ0n) is 10.1. The smallest absolute Gasteiger partial charge is 0.184 e. The fraction of sp³-hybridized carbons (Fsp3) is 0.900. The van der Waals surface area contributed by atoms with Gasteiger partial charge in [0.05, 0.1) is 18.8 Å². The molecular formula is C10H22O4P-. The molecule has 0 fully saturated rings. The van der Waals surface area contributed by atoms with E-state index < -0.39 is 7.60 Å². The molecule has 0 aliphatic heterocycles. The van der Waals surface area contributed by atoms with E-state index in [9.17, 15) is 4.57 Å². The highest BCUT2D eigenvalue weighted by molar-refractivity contribution is 7.55. The van der Waals surface area contributed by atoms with E-state index in [0.717, 1.165) is 0 Å². The molecule has 0 radical (unpaired) electrons. The SMILES string of the molecule is [CH2-]P(=O)(OCCCOC(C)C)OC(C)C. The van der Waals surface area contributed by atoms with Gasteiger partial charge < -0.3 is 13.8 Å². The van der Waals surface area contributed by atoms with E-state index >= 15 is 0 Å². The Labute approximate surface area is 92.8 Å². The molecule has 0 saturated carbocycles. The van der Waals surface area contributed by atoms with Gasteiger partial charge in [-0.15, -0.1) is 0 Å². The molecule has 0 aromatic rings. The van der Waals surface area contributed by atoms with Crippen molar-refractivity contribution in [3.05, 3.63) is 6.66 Å². The van der Waals surface area contributed by atoms with Crippen molar-refractivity contribution >= 4 is 7.60 Å². The van der Waals surface area contributed by atoms with Crippen molar-refractivity contribution in [2.24, 2.45) is 0 Å². The lowest BCUT2D eigenvalue weighted by Crippen LogP contribution is -2.07. The van der Waals surface area contributed by atoms with E-state index in [1.54, 1.807) is 13.8 Å². The quantitative estimate of drug-likeness (QED) is 0.369. The summed E-state index contributed by atoms with van der Waals surface area (Å²) in [6.45, 7) is 11.9. The molecule has 4 nitrogen and oxygen atoms in total. The third-order valence-corrected chi connectivity index (χ3v) is 2.72. The summed E-state index contributed by atoms with van der Waals surface area (Å²) >= 11 is 0. The van der Waals surface area contributed by atoms with Gasteiger partial charge in [-0.05, 0) is 34.1 Å². The summed E-state index contributed by atoms with van der Waals surface area (Å²) in [5.41, 5.74) is 0. The van der Waals surface area contributed by atoms with Crippen LogP contribution in [0.3, 0.4) is 0 Å². The summed E-state index contributed by atoms with van der Waals surface area (Å²) in [6, 6.07) is 0. The van der Waals surface area contributed by atoms with Crippen molar-refractivity contribution < 1.29 is 18.3 Å². The minimum atomic E-state index is -3.12. The fourth-order valence-electron chi connectivity index (χ4n) is 0.933. The van der Waals surface area contributed by atoms with Crippen molar-refractivity contribution in [1.29, 1.82) is 0 Å². The number of hydrogen-bond donors (Lipinski definition) is 0. The molecule has 0 N–H and O–H groups in total. The van der Waals surface area contributed by atoms with Crippen molar-refractivity contribution in [3.8, 4) is 0 Å². The second-order valence-corrected chi connectivity index (χ2v) is 5.56. The molecule has 0 aliphatic rings. The van der Waals surface area contributed by atoms with E-state index in [-0.39, 0.29) is 12.2 Å². The molecule has 15 heavy (non-hydrogen) atoms. The predicted octanol–water partition coefficient (Wildman–Crippen LogP) is 3.23. The Bertz CT molecular complexity index is 204. The van der Waals surface area contributed by atoms with Gasteiger partial charge in [0.1, 0.15) is 0 Å². The van der Waals surface area contributed by atoms with Crippen LogP contribution in [0.1, 0.15) is 34.1 Å². The van der Waals surface area contributed by atoms with Crippen LogP contribution in [0.2, 0.25) is 0 Å². The Hall–Kier alpha value is 0.110. The highest BCUT2D eigenvalue weighted by Crippen LogP contribution is 2.47. The average Bonchev–Trinajstić information content (AvgIpc) is 1.99. The first-order chi connectivity index (χ1) is 6.83. The van der Waals surface area contributed by atoms with Crippen molar-refractivity contribution in [2.45, 2.75) is 46.3 Å². The molecule has 0 aromatic heterocycles. The first kappa shape index (κ1) is 15.1. The Kier molecular flexibility index (Phi) is 7.45. The monoisotopic (exact) mass is 237 g/mol. The molecule has 0 amide bonds. The van der Waals surface area contributed by atoms with Crippen LogP contribution in [0, 0.1) is 6.66 Å². The lowest BCUT2D eigenvalue weighted by molar-refractivity contribution is 0.0670. The minimum absolute atomic E-state index is 0.139. The summed E-state index contributed by atoms with van der Waals surface area (Å²) in [5.74, 6) is 0. The molecule has 0 aliphatic carbocycles. The second-order valence-electron chi connectivity index (χ2n) is 3.87. The topological polar surface area (TPSA) is 44.8 Å². The normalized spacial score (nSPS) is 15.9. The number of hydrogen-bond acceptors (Lipinski definition) is 4. The molecule has 0 spiro atoms. The van der Waals surface area contributed by atoms with E-state index in [2.05, 4.69) is 6.66 Å². The van der Waals surface area contributed by atoms with Gasteiger partial charge in [-0.2, -0.15) is 0 Å². The third-order valence-electron chi connectivity index (χ3n) is 1.40. The first-order valence-electron chi connectivity index (χ1n) is 5.22. The van der Waals surface area contributed by atoms with Crippen molar-refractivity contribution in [1.82, 2.24) is 0 Å². The van der Waals surface area contributed by atoms with Crippen LogP contribution in [0.4, 0.5) is 0 Å². The third kappa shape index (κ3) is 10.4. The van der Waals surface area contributed by atoms with Gasteiger partial charge in [-0.25, -0.2) is 6.66 Å². The number of rotatable bonds is 8. The highest BCUT2D eigenvalue weighted by Gasteiger charge is 2.10. The van der Waals surface area contributed by atoms with Gasteiger partial charge in [0.25, 0.3) is 0 Å². The maximum Gasteiger partial charge on any atom is 0.184 e. The van der Waals surface area contributed by atoms with Crippen LogP contribution in [-0.4, -0.2) is 25.4 Å². The molecule has 0 saturated heterocycles. The molecule has 1 atom stereocenters. The van der Waals surface area contributed by atoms with Crippen LogP contribution in [0.25, 0.3) is 0 Å². The standard InChI is InChI=1S/C10H22O4P/c1-9(2)12-7-6-8-13-15(5,11)14-10(3)4/h9-10H,5-8H2,1-4H3/q-1. The van der Waals surface area contributed by atoms with Gasteiger partial charge in [-0.1, -0.05) is 0 Å². The van der Waals surface area contributed by atoms with Crippen LogP contribution in [0.5, 0.6) is 0 Å². The Balaban J connectivity index is 3.53. The lowest BCUT2D eigenvalue weighted by atomic mass is 10.4. The van der Waals surface area contributed by atoms with Crippen LogP contribution in [0.15, 0.2) is 0 Å². The predicted molar refractivity (Wildman–Crippen MR) is 60.8 cm³/mol. The molecule has 0 aromatic carbocycles. The van der Waals surface area contributed by atoms with Crippen LogP contribution < -0.4 is 0 Å². The highest BCUT2D eigenvalue weighted by atomic mass is 31.2. The Morgan fingerprint density at radius 1 is 1.13 bits per heavy atom. The molecular weight excluding hydrogens is 215 g/mol. The van der Waals surface area contributed by atoms with E-state index in [1.807, 2.05) is 13.8 Å². The van der Waals surface area contributed by atoms with E-state index in [1.165, 1.54) is 0 Å². The zero-order chi connectivity index (χ0) is 11.9. The molecule has 0 rings (SSSR count). The summed E-state index contributed by atoms with van der Waals surface area (Å²) < 4.78 is 26.9. The summed E-state index contributed by atoms with van der Waals surface area (Å²) in [6.07, 6.45) is 0.766. The van der Waals surface area contributed by atoms with E-state index in [4.69, 9.17) is 13.8 Å². The largest absolute Gasteiger partial charge is 0.379 e. The van der Waals surface area contributed by atoms with Crippen molar-refractivity contribution in [3.63, 3.8) is 0 Å². The van der Waals surface area contributed by atoms with Gasteiger partial charge in [-0.3, -0.25) is 4.57 Å². The average molecular weight is 237 g/mol.